The molecule has 0 spiro atoms. The van der Waals surface area contributed by atoms with E-state index in [1.54, 1.807) is 41.4 Å². The zero-order valence-corrected chi connectivity index (χ0v) is 15.6. The van der Waals surface area contributed by atoms with E-state index in [-0.39, 0.29) is 5.97 Å². The monoisotopic (exact) mass is 350 g/mol. The lowest BCUT2D eigenvalue weighted by Gasteiger charge is -2.21. The molecule has 0 saturated heterocycles. The Balaban J connectivity index is 2.49. The van der Waals surface area contributed by atoms with Gasteiger partial charge in [-0.1, -0.05) is 5.57 Å². The maximum absolute atomic E-state index is 11.8. The first-order valence-corrected chi connectivity index (χ1v) is 8.35. The summed E-state index contributed by atoms with van der Waals surface area (Å²) in [4.78, 5) is 11.8. The van der Waals surface area contributed by atoms with Crippen molar-refractivity contribution < 1.29 is 28.5 Å². The Bertz CT molecular complexity index is 618. The van der Waals surface area contributed by atoms with Crippen molar-refractivity contribution in [3.05, 3.63) is 22.8 Å². The smallest absolute Gasteiger partial charge is 0.330 e. The fourth-order valence-corrected chi connectivity index (χ4v) is 3.28. The number of rotatable bonds is 6. The highest BCUT2D eigenvalue weighted by molar-refractivity contribution is 5.82. The molecule has 138 valence electrons. The zero-order chi connectivity index (χ0) is 18.4. The predicted molar refractivity (Wildman–Crippen MR) is 94.0 cm³/mol. The summed E-state index contributed by atoms with van der Waals surface area (Å²) in [5.41, 5.74) is 3.12. The van der Waals surface area contributed by atoms with E-state index in [0.717, 1.165) is 42.4 Å². The van der Waals surface area contributed by atoms with Crippen LogP contribution in [0.2, 0.25) is 0 Å². The van der Waals surface area contributed by atoms with E-state index in [9.17, 15) is 4.79 Å². The molecule has 0 amide bonds. The third kappa shape index (κ3) is 3.83. The molecule has 25 heavy (non-hydrogen) atoms. The predicted octanol–water partition coefficient (Wildman–Crippen LogP) is 3.09. The van der Waals surface area contributed by atoms with Crippen molar-refractivity contribution in [1.29, 1.82) is 0 Å². The topological polar surface area (TPSA) is 63.2 Å². The minimum absolute atomic E-state index is 0.294. The van der Waals surface area contributed by atoms with E-state index in [0.29, 0.717) is 29.6 Å². The summed E-state index contributed by atoms with van der Waals surface area (Å²) in [7, 11) is 6.39. The standard InChI is InChI=1S/C19H26O6/c1-6-25-15(20)11-12-7-9-13-14(10-8-12)17(22-3)19(24-5)18(23-4)16(13)21-2/h11H,6-10H2,1-5H3. The van der Waals surface area contributed by atoms with Crippen molar-refractivity contribution >= 4 is 5.97 Å². The molecule has 6 nitrogen and oxygen atoms in total. The average molecular weight is 350 g/mol. The molecule has 6 heteroatoms. The van der Waals surface area contributed by atoms with Crippen LogP contribution in [-0.4, -0.2) is 41.0 Å². The first-order chi connectivity index (χ1) is 12.1. The van der Waals surface area contributed by atoms with Gasteiger partial charge in [0.05, 0.1) is 35.0 Å². The fraction of sp³-hybridized carbons (Fsp3) is 0.526. The van der Waals surface area contributed by atoms with E-state index in [2.05, 4.69) is 0 Å². The molecule has 0 unspecified atom stereocenters. The number of carbonyl (C=O) groups excluding carboxylic acids is 1. The van der Waals surface area contributed by atoms with Crippen molar-refractivity contribution in [2.45, 2.75) is 32.6 Å². The van der Waals surface area contributed by atoms with Crippen molar-refractivity contribution in [2.24, 2.45) is 0 Å². The third-order valence-corrected chi connectivity index (χ3v) is 4.35. The van der Waals surface area contributed by atoms with Crippen molar-refractivity contribution in [1.82, 2.24) is 0 Å². The van der Waals surface area contributed by atoms with Crippen LogP contribution in [0.3, 0.4) is 0 Å². The molecule has 0 heterocycles. The first-order valence-electron chi connectivity index (χ1n) is 8.35. The van der Waals surface area contributed by atoms with E-state index < -0.39 is 0 Å². The summed E-state index contributed by atoms with van der Waals surface area (Å²) in [6.07, 6.45) is 4.55. The summed E-state index contributed by atoms with van der Waals surface area (Å²) in [6.45, 7) is 2.17. The summed E-state index contributed by atoms with van der Waals surface area (Å²) in [6, 6.07) is 0. The van der Waals surface area contributed by atoms with Gasteiger partial charge in [0.1, 0.15) is 0 Å². The third-order valence-electron chi connectivity index (χ3n) is 4.35. The number of methoxy groups -OCH3 is 4. The average Bonchev–Trinajstić information content (AvgIpc) is 2.82. The molecular weight excluding hydrogens is 324 g/mol. The summed E-state index contributed by atoms with van der Waals surface area (Å²) < 4.78 is 27.3. The van der Waals surface area contributed by atoms with Gasteiger partial charge in [-0.25, -0.2) is 4.79 Å². The number of ether oxygens (including phenoxy) is 5. The molecule has 1 aliphatic rings. The number of fused-ring (bicyclic) bond motifs is 1. The Hall–Kier alpha value is -2.37. The second kappa shape index (κ2) is 8.65. The SMILES string of the molecule is CCOC(=O)C=C1CCc2c(c(OC)c(OC)c(OC)c2OC)CC1. The number of benzene rings is 1. The van der Waals surface area contributed by atoms with Crippen LogP contribution in [0.5, 0.6) is 23.0 Å². The molecule has 0 N–H and O–H groups in total. The van der Waals surface area contributed by atoms with Gasteiger partial charge in [-0.15, -0.1) is 0 Å². The Kier molecular flexibility index (Phi) is 6.56. The second-order valence-corrected chi connectivity index (χ2v) is 5.64. The van der Waals surface area contributed by atoms with Crippen LogP contribution in [-0.2, 0) is 22.4 Å². The highest BCUT2D eigenvalue weighted by Gasteiger charge is 2.28. The van der Waals surface area contributed by atoms with Gasteiger partial charge in [0.15, 0.2) is 11.5 Å². The summed E-state index contributed by atoms with van der Waals surface area (Å²) >= 11 is 0. The van der Waals surface area contributed by atoms with Crippen LogP contribution in [0.1, 0.15) is 30.9 Å². The maximum Gasteiger partial charge on any atom is 0.330 e. The number of esters is 1. The molecule has 0 saturated carbocycles. The first kappa shape index (κ1) is 19.0. The lowest BCUT2D eigenvalue weighted by Crippen LogP contribution is -2.05. The van der Waals surface area contributed by atoms with Gasteiger partial charge in [0, 0.05) is 17.2 Å². The lowest BCUT2D eigenvalue weighted by molar-refractivity contribution is -0.137. The van der Waals surface area contributed by atoms with Crippen molar-refractivity contribution in [2.75, 3.05) is 35.0 Å². The van der Waals surface area contributed by atoms with Gasteiger partial charge in [0.2, 0.25) is 11.5 Å². The maximum atomic E-state index is 11.8. The Morgan fingerprint density at radius 3 is 1.60 bits per heavy atom. The number of allylic oxidation sites excluding steroid dienone is 1. The lowest BCUT2D eigenvalue weighted by atomic mass is 9.99. The molecule has 0 atom stereocenters. The quantitative estimate of drug-likeness (QED) is 0.446. The Labute approximate surface area is 148 Å². The number of hydrogen-bond donors (Lipinski definition) is 0. The number of hydrogen-bond acceptors (Lipinski definition) is 6. The largest absolute Gasteiger partial charge is 0.492 e. The van der Waals surface area contributed by atoms with Gasteiger partial charge in [-0.3, -0.25) is 0 Å². The number of carbonyl (C=O) groups is 1. The van der Waals surface area contributed by atoms with Crippen LogP contribution < -0.4 is 18.9 Å². The molecule has 0 radical (unpaired) electrons. The summed E-state index contributed by atoms with van der Waals surface area (Å²) in [5.74, 6) is 2.08. The molecule has 2 rings (SSSR count). The van der Waals surface area contributed by atoms with Crippen molar-refractivity contribution in [3.8, 4) is 23.0 Å². The van der Waals surface area contributed by atoms with Crippen LogP contribution >= 0.6 is 0 Å². The Morgan fingerprint density at radius 2 is 1.24 bits per heavy atom. The van der Waals surface area contributed by atoms with E-state index in [1.807, 2.05) is 0 Å². The fourth-order valence-electron chi connectivity index (χ4n) is 3.28. The van der Waals surface area contributed by atoms with Gasteiger partial charge in [0.25, 0.3) is 0 Å². The zero-order valence-electron chi connectivity index (χ0n) is 15.6. The minimum atomic E-state index is -0.294. The van der Waals surface area contributed by atoms with E-state index in [1.165, 1.54) is 0 Å². The molecule has 0 aromatic heterocycles. The normalized spacial score (nSPS) is 13.4. The van der Waals surface area contributed by atoms with Crippen LogP contribution in [0.4, 0.5) is 0 Å². The molecule has 0 fully saturated rings. The van der Waals surface area contributed by atoms with Gasteiger partial charge in [-0.2, -0.15) is 0 Å². The molecule has 1 aromatic carbocycles. The highest BCUT2D eigenvalue weighted by Crippen LogP contribution is 2.51. The summed E-state index contributed by atoms with van der Waals surface area (Å²) in [5, 5.41) is 0. The second-order valence-electron chi connectivity index (χ2n) is 5.64. The van der Waals surface area contributed by atoms with Crippen LogP contribution in [0.25, 0.3) is 0 Å². The highest BCUT2D eigenvalue weighted by atomic mass is 16.5. The van der Waals surface area contributed by atoms with Gasteiger partial charge >= 0.3 is 5.97 Å². The van der Waals surface area contributed by atoms with Crippen LogP contribution in [0.15, 0.2) is 11.6 Å². The van der Waals surface area contributed by atoms with Crippen LogP contribution in [0, 0.1) is 0 Å². The molecule has 0 aliphatic heterocycles. The molecule has 0 bridgehead atoms. The Morgan fingerprint density at radius 1 is 0.800 bits per heavy atom. The van der Waals surface area contributed by atoms with Gasteiger partial charge < -0.3 is 23.7 Å². The molecule has 1 aromatic rings. The van der Waals surface area contributed by atoms with E-state index in [4.69, 9.17) is 23.7 Å². The van der Waals surface area contributed by atoms with E-state index >= 15 is 0 Å². The molecule has 1 aliphatic carbocycles. The van der Waals surface area contributed by atoms with Crippen molar-refractivity contribution in [3.63, 3.8) is 0 Å². The van der Waals surface area contributed by atoms with Gasteiger partial charge in [-0.05, 0) is 32.6 Å². The molecular formula is C19H26O6. The minimum Gasteiger partial charge on any atom is -0.492 e.